The van der Waals surface area contributed by atoms with Crippen LogP contribution < -0.4 is 5.32 Å². The van der Waals surface area contributed by atoms with Gasteiger partial charge in [-0.1, -0.05) is 18.2 Å². The molecule has 3 aromatic rings. The summed E-state index contributed by atoms with van der Waals surface area (Å²) >= 11 is 0. The number of hydrogen-bond acceptors (Lipinski definition) is 4. The zero-order valence-electron chi connectivity index (χ0n) is 13.5. The molecular formula is C18H16N4O3. The molecule has 0 saturated heterocycles. The van der Waals surface area contributed by atoms with Gasteiger partial charge in [-0.3, -0.25) is 4.79 Å². The standard InChI is InChI=1S/C18H16N4O3/c1-12-8-13(6-7-16(12)22-11-19-10-21-22)17(23)20-9-14-4-2-3-5-15(14)18(24)25/h2-8,10-11H,9H2,1H3,(H,20,23)(H,24,25). The van der Waals surface area contributed by atoms with Gasteiger partial charge in [-0.2, -0.15) is 5.10 Å². The van der Waals surface area contributed by atoms with Crippen LogP contribution in [0.1, 0.15) is 31.8 Å². The van der Waals surface area contributed by atoms with Crippen LogP contribution in [-0.4, -0.2) is 31.7 Å². The predicted molar refractivity (Wildman–Crippen MR) is 90.7 cm³/mol. The molecule has 1 heterocycles. The third kappa shape index (κ3) is 3.55. The summed E-state index contributed by atoms with van der Waals surface area (Å²) in [5.41, 5.74) is 2.95. The fraction of sp³-hybridized carbons (Fsp3) is 0.111. The Balaban J connectivity index is 1.74. The van der Waals surface area contributed by atoms with Gasteiger partial charge in [0.15, 0.2) is 0 Å². The smallest absolute Gasteiger partial charge is 0.336 e. The van der Waals surface area contributed by atoms with E-state index in [9.17, 15) is 14.7 Å². The third-order valence-corrected chi connectivity index (χ3v) is 3.81. The van der Waals surface area contributed by atoms with Crippen molar-refractivity contribution in [1.29, 1.82) is 0 Å². The fourth-order valence-corrected chi connectivity index (χ4v) is 2.55. The average molecular weight is 336 g/mol. The molecule has 126 valence electrons. The van der Waals surface area contributed by atoms with Crippen molar-refractivity contribution in [3.63, 3.8) is 0 Å². The van der Waals surface area contributed by atoms with E-state index in [1.54, 1.807) is 47.4 Å². The summed E-state index contributed by atoms with van der Waals surface area (Å²) in [4.78, 5) is 27.5. The number of nitrogens with zero attached hydrogens (tertiary/aromatic N) is 3. The Hall–Kier alpha value is -3.48. The van der Waals surface area contributed by atoms with E-state index < -0.39 is 5.97 Å². The van der Waals surface area contributed by atoms with Crippen molar-refractivity contribution >= 4 is 11.9 Å². The molecule has 7 nitrogen and oxygen atoms in total. The number of nitrogens with one attached hydrogen (secondary N) is 1. The first-order valence-electron chi connectivity index (χ1n) is 7.61. The number of carbonyl (C=O) groups is 2. The first-order valence-corrected chi connectivity index (χ1v) is 7.61. The highest BCUT2D eigenvalue weighted by molar-refractivity contribution is 5.95. The zero-order chi connectivity index (χ0) is 17.8. The number of hydrogen-bond donors (Lipinski definition) is 2. The molecule has 2 aromatic carbocycles. The van der Waals surface area contributed by atoms with Gasteiger partial charge in [0.2, 0.25) is 0 Å². The van der Waals surface area contributed by atoms with Crippen molar-refractivity contribution in [2.75, 3.05) is 0 Å². The first kappa shape index (κ1) is 16.4. The summed E-state index contributed by atoms with van der Waals surface area (Å²) in [6.07, 6.45) is 3.03. The van der Waals surface area contributed by atoms with Crippen molar-refractivity contribution in [2.45, 2.75) is 13.5 Å². The van der Waals surface area contributed by atoms with E-state index in [1.807, 2.05) is 6.92 Å². The van der Waals surface area contributed by atoms with E-state index in [0.717, 1.165) is 11.3 Å². The maximum Gasteiger partial charge on any atom is 0.336 e. The Morgan fingerprint density at radius 3 is 2.68 bits per heavy atom. The van der Waals surface area contributed by atoms with Crippen LogP contribution in [-0.2, 0) is 6.54 Å². The second kappa shape index (κ2) is 6.96. The van der Waals surface area contributed by atoms with Crippen LogP contribution in [0.2, 0.25) is 0 Å². The van der Waals surface area contributed by atoms with Crippen LogP contribution >= 0.6 is 0 Å². The molecule has 0 fully saturated rings. The molecule has 7 heteroatoms. The van der Waals surface area contributed by atoms with Crippen LogP contribution in [0.5, 0.6) is 0 Å². The van der Waals surface area contributed by atoms with Crippen LogP contribution in [0.4, 0.5) is 0 Å². The summed E-state index contributed by atoms with van der Waals surface area (Å²) < 4.78 is 1.63. The molecule has 3 rings (SSSR count). The molecule has 0 radical (unpaired) electrons. The second-order valence-electron chi connectivity index (χ2n) is 5.49. The number of rotatable bonds is 5. The Kier molecular flexibility index (Phi) is 4.56. The average Bonchev–Trinajstić information content (AvgIpc) is 3.14. The van der Waals surface area contributed by atoms with E-state index in [1.165, 1.54) is 12.4 Å². The molecule has 0 saturated carbocycles. The fourth-order valence-electron chi connectivity index (χ4n) is 2.55. The minimum Gasteiger partial charge on any atom is -0.478 e. The molecule has 1 amide bonds. The molecule has 0 bridgehead atoms. The minimum atomic E-state index is -1.02. The monoisotopic (exact) mass is 336 g/mol. The van der Waals surface area contributed by atoms with E-state index in [0.29, 0.717) is 11.1 Å². The van der Waals surface area contributed by atoms with E-state index in [2.05, 4.69) is 15.4 Å². The number of aromatic nitrogens is 3. The highest BCUT2D eigenvalue weighted by Gasteiger charge is 2.12. The van der Waals surface area contributed by atoms with E-state index >= 15 is 0 Å². The number of aryl methyl sites for hydroxylation is 1. The quantitative estimate of drug-likeness (QED) is 0.744. The van der Waals surface area contributed by atoms with Crippen LogP contribution in [0.25, 0.3) is 5.69 Å². The van der Waals surface area contributed by atoms with Crippen molar-refractivity contribution in [2.24, 2.45) is 0 Å². The minimum absolute atomic E-state index is 0.144. The molecule has 25 heavy (non-hydrogen) atoms. The summed E-state index contributed by atoms with van der Waals surface area (Å²) in [6, 6.07) is 11.8. The largest absolute Gasteiger partial charge is 0.478 e. The van der Waals surface area contributed by atoms with Crippen molar-refractivity contribution in [3.8, 4) is 5.69 Å². The molecule has 1 aromatic heterocycles. The molecule has 0 aliphatic heterocycles. The Morgan fingerprint density at radius 1 is 1.20 bits per heavy atom. The van der Waals surface area contributed by atoms with Crippen LogP contribution in [0.15, 0.2) is 55.1 Å². The molecule has 0 atom stereocenters. The number of aromatic carboxylic acids is 1. The third-order valence-electron chi connectivity index (χ3n) is 3.81. The zero-order valence-corrected chi connectivity index (χ0v) is 13.5. The number of amides is 1. The normalized spacial score (nSPS) is 10.4. The van der Waals surface area contributed by atoms with Gasteiger partial charge in [0.05, 0.1) is 11.3 Å². The molecule has 0 spiro atoms. The van der Waals surface area contributed by atoms with Gasteiger partial charge in [-0.05, 0) is 42.3 Å². The van der Waals surface area contributed by atoms with E-state index in [4.69, 9.17) is 0 Å². The van der Waals surface area contributed by atoms with Gasteiger partial charge < -0.3 is 10.4 Å². The van der Waals surface area contributed by atoms with Gasteiger partial charge in [0.25, 0.3) is 5.91 Å². The lowest BCUT2D eigenvalue weighted by Gasteiger charge is -2.10. The maximum atomic E-state index is 12.4. The molecule has 2 N–H and O–H groups in total. The Bertz CT molecular complexity index is 920. The van der Waals surface area contributed by atoms with Crippen molar-refractivity contribution in [3.05, 3.63) is 77.4 Å². The highest BCUT2D eigenvalue weighted by Crippen LogP contribution is 2.15. The molecule has 0 unspecified atom stereocenters. The number of carbonyl (C=O) groups excluding carboxylic acids is 1. The molecule has 0 aliphatic rings. The van der Waals surface area contributed by atoms with Crippen molar-refractivity contribution < 1.29 is 14.7 Å². The maximum absolute atomic E-state index is 12.4. The van der Waals surface area contributed by atoms with Crippen molar-refractivity contribution in [1.82, 2.24) is 20.1 Å². The number of carboxylic acids is 1. The van der Waals surface area contributed by atoms with Gasteiger partial charge in [-0.15, -0.1) is 0 Å². The first-order chi connectivity index (χ1) is 12.1. The molecule has 0 aliphatic carbocycles. The SMILES string of the molecule is Cc1cc(C(=O)NCc2ccccc2C(=O)O)ccc1-n1cncn1. The highest BCUT2D eigenvalue weighted by atomic mass is 16.4. The summed E-state index contributed by atoms with van der Waals surface area (Å²) in [5, 5.41) is 16.0. The van der Waals surface area contributed by atoms with Gasteiger partial charge in [-0.25, -0.2) is 14.5 Å². The number of benzene rings is 2. The second-order valence-corrected chi connectivity index (χ2v) is 5.49. The van der Waals surface area contributed by atoms with Gasteiger partial charge in [0, 0.05) is 12.1 Å². The lowest BCUT2D eigenvalue weighted by atomic mass is 10.1. The Morgan fingerprint density at radius 2 is 2.00 bits per heavy atom. The number of carboxylic acid groups (broad SMARTS) is 1. The summed E-state index contributed by atoms with van der Waals surface area (Å²) in [5.74, 6) is -1.29. The summed E-state index contributed by atoms with van der Waals surface area (Å²) in [6.45, 7) is 2.03. The van der Waals surface area contributed by atoms with Crippen LogP contribution in [0, 0.1) is 6.92 Å². The predicted octanol–water partition coefficient (Wildman–Crippen LogP) is 2.20. The lowest BCUT2D eigenvalue weighted by molar-refractivity contribution is 0.0694. The van der Waals surface area contributed by atoms with Gasteiger partial charge in [0.1, 0.15) is 12.7 Å². The topological polar surface area (TPSA) is 97.1 Å². The molecular weight excluding hydrogens is 320 g/mol. The van der Waals surface area contributed by atoms with Gasteiger partial charge >= 0.3 is 5.97 Å². The summed E-state index contributed by atoms with van der Waals surface area (Å²) in [7, 11) is 0. The lowest BCUT2D eigenvalue weighted by Crippen LogP contribution is -2.24. The van der Waals surface area contributed by atoms with E-state index in [-0.39, 0.29) is 18.0 Å². The van der Waals surface area contributed by atoms with Crippen LogP contribution in [0.3, 0.4) is 0 Å². The Labute approximate surface area is 143 Å².